The quantitative estimate of drug-likeness (QED) is 0.619. The molecule has 1 amide bonds. The summed E-state index contributed by atoms with van der Waals surface area (Å²) < 4.78 is 0. The average molecular weight is 336 g/mol. The van der Waals surface area contributed by atoms with Crippen LogP contribution in [0.2, 0.25) is 0 Å². The van der Waals surface area contributed by atoms with E-state index < -0.39 is 0 Å². The molecule has 0 aliphatic rings. The first kappa shape index (κ1) is 24.9. The highest BCUT2D eigenvalue weighted by Crippen LogP contribution is 2.14. The van der Waals surface area contributed by atoms with Crippen LogP contribution in [-0.4, -0.2) is 5.91 Å². The van der Waals surface area contributed by atoms with Gasteiger partial charge in [0, 0.05) is 6.92 Å². The van der Waals surface area contributed by atoms with Gasteiger partial charge in [0.15, 0.2) is 0 Å². The van der Waals surface area contributed by atoms with Gasteiger partial charge in [0.25, 0.3) is 0 Å². The van der Waals surface area contributed by atoms with Gasteiger partial charge in [-0.3, -0.25) is 4.79 Å². The first-order valence-electron chi connectivity index (χ1n) is 9.60. The molecule has 2 heteroatoms. The standard InChI is InChI=1S/C10H14.C10H22.C2H5NO/c1-4-10-6-5-8(2)9(3)7-10;1-4-6-8-10(3)9-7-5-2;1-2(3)4/h5-7H,4H2,1-3H3;10H,4-9H2,1-3H3;1H3,(H2,3,4). The van der Waals surface area contributed by atoms with Crippen LogP contribution < -0.4 is 5.73 Å². The fraction of sp³-hybridized carbons (Fsp3) is 0.682. The number of nitrogens with two attached hydrogens (primary N) is 1. The van der Waals surface area contributed by atoms with Crippen molar-refractivity contribution in [3.8, 4) is 0 Å². The maximum absolute atomic E-state index is 9.22. The highest BCUT2D eigenvalue weighted by molar-refractivity contribution is 5.70. The van der Waals surface area contributed by atoms with Crippen LogP contribution in [0, 0.1) is 19.8 Å². The Labute approximate surface area is 151 Å². The molecule has 0 aliphatic carbocycles. The minimum Gasteiger partial charge on any atom is -0.370 e. The molecular weight excluding hydrogens is 294 g/mol. The number of aryl methyl sites for hydroxylation is 3. The van der Waals surface area contributed by atoms with Crippen molar-refractivity contribution in [2.24, 2.45) is 11.7 Å². The van der Waals surface area contributed by atoms with Crippen molar-refractivity contribution < 1.29 is 4.79 Å². The predicted molar refractivity (Wildman–Crippen MR) is 108 cm³/mol. The van der Waals surface area contributed by atoms with Crippen LogP contribution in [-0.2, 0) is 11.2 Å². The van der Waals surface area contributed by atoms with Crippen molar-refractivity contribution in [2.75, 3.05) is 0 Å². The topological polar surface area (TPSA) is 43.1 Å². The molecule has 1 aromatic rings. The third-order valence-corrected chi connectivity index (χ3v) is 4.08. The second-order valence-electron chi connectivity index (χ2n) is 6.77. The lowest BCUT2D eigenvalue weighted by molar-refractivity contribution is -0.115. The molecule has 24 heavy (non-hydrogen) atoms. The zero-order valence-electron chi connectivity index (χ0n) is 17.2. The largest absolute Gasteiger partial charge is 0.370 e. The number of benzene rings is 1. The fourth-order valence-corrected chi connectivity index (χ4v) is 2.27. The zero-order chi connectivity index (χ0) is 19.0. The summed E-state index contributed by atoms with van der Waals surface area (Å²) in [4.78, 5) is 9.22. The fourth-order valence-electron chi connectivity index (χ4n) is 2.27. The number of hydrogen-bond acceptors (Lipinski definition) is 1. The maximum Gasteiger partial charge on any atom is 0.214 e. The van der Waals surface area contributed by atoms with Gasteiger partial charge in [-0.25, -0.2) is 0 Å². The minimum atomic E-state index is -0.333. The Morgan fingerprint density at radius 3 is 1.79 bits per heavy atom. The number of carbonyl (C=O) groups excluding carboxylic acids is 1. The first-order chi connectivity index (χ1) is 11.3. The molecule has 0 fully saturated rings. The van der Waals surface area contributed by atoms with Gasteiger partial charge in [0.1, 0.15) is 0 Å². The van der Waals surface area contributed by atoms with Gasteiger partial charge in [0.05, 0.1) is 0 Å². The lowest BCUT2D eigenvalue weighted by Crippen LogP contribution is -2.01. The van der Waals surface area contributed by atoms with E-state index in [9.17, 15) is 4.79 Å². The van der Waals surface area contributed by atoms with Crippen molar-refractivity contribution in [1.29, 1.82) is 0 Å². The van der Waals surface area contributed by atoms with E-state index in [4.69, 9.17) is 0 Å². The molecule has 0 saturated carbocycles. The summed E-state index contributed by atoms with van der Waals surface area (Å²) in [7, 11) is 0. The Hall–Kier alpha value is -1.31. The Morgan fingerprint density at radius 2 is 1.46 bits per heavy atom. The molecule has 140 valence electrons. The van der Waals surface area contributed by atoms with Crippen LogP contribution in [0.4, 0.5) is 0 Å². The highest BCUT2D eigenvalue weighted by atomic mass is 16.1. The van der Waals surface area contributed by atoms with Crippen LogP contribution in [0.1, 0.15) is 89.8 Å². The van der Waals surface area contributed by atoms with E-state index >= 15 is 0 Å². The zero-order valence-corrected chi connectivity index (χ0v) is 17.2. The molecule has 1 aromatic carbocycles. The van der Waals surface area contributed by atoms with Crippen LogP contribution >= 0.6 is 0 Å². The van der Waals surface area contributed by atoms with E-state index in [2.05, 4.69) is 65.5 Å². The van der Waals surface area contributed by atoms with Crippen LogP contribution in [0.5, 0.6) is 0 Å². The lowest BCUT2D eigenvalue weighted by Gasteiger charge is -2.08. The van der Waals surface area contributed by atoms with Crippen LogP contribution in [0.3, 0.4) is 0 Å². The van der Waals surface area contributed by atoms with Crippen molar-refractivity contribution in [3.05, 3.63) is 34.9 Å². The summed E-state index contributed by atoms with van der Waals surface area (Å²) in [5.41, 5.74) is 8.69. The molecule has 0 unspecified atom stereocenters. The summed E-state index contributed by atoms with van der Waals surface area (Å²) in [6, 6.07) is 6.64. The van der Waals surface area contributed by atoms with Crippen LogP contribution in [0.15, 0.2) is 18.2 Å². The van der Waals surface area contributed by atoms with E-state index in [-0.39, 0.29) is 5.91 Å². The Bertz CT molecular complexity index is 414. The smallest absolute Gasteiger partial charge is 0.214 e. The number of primary amides is 1. The van der Waals surface area contributed by atoms with Gasteiger partial charge in [-0.15, -0.1) is 0 Å². The SMILES string of the molecule is CC(N)=O.CCCCC(C)CCCC.CCc1ccc(C)c(C)c1. The highest BCUT2D eigenvalue weighted by Gasteiger charge is 1.98. The first-order valence-corrected chi connectivity index (χ1v) is 9.60. The molecule has 0 spiro atoms. The van der Waals surface area contributed by atoms with Gasteiger partial charge in [0.2, 0.25) is 5.91 Å². The summed E-state index contributed by atoms with van der Waals surface area (Å²) in [5, 5.41) is 0. The number of amides is 1. The molecular formula is C22H41NO. The maximum atomic E-state index is 9.22. The third kappa shape index (κ3) is 17.1. The molecule has 0 aromatic heterocycles. The Balaban J connectivity index is 0. The van der Waals surface area contributed by atoms with Crippen molar-refractivity contribution in [2.45, 2.75) is 93.4 Å². The second-order valence-corrected chi connectivity index (χ2v) is 6.77. The van der Waals surface area contributed by atoms with Gasteiger partial charge in [-0.05, 0) is 42.9 Å². The van der Waals surface area contributed by atoms with Gasteiger partial charge < -0.3 is 5.73 Å². The molecule has 2 N–H and O–H groups in total. The summed E-state index contributed by atoms with van der Waals surface area (Å²) in [6.07, 6.45) is 9.58. The normalized spacial score (nSPS) is 9.67. The average Bonchev–Trinajstić information content (AvgIpc) is 2.53. The predicted octanol–water partition coefficient (Wildman–Crippen LogP) is 6.36. The summed E-state index contributed by atoms with van der Waals surface area (Å²) in [5.74, 6) is 0.639. The van der Waals surface area contributed by atoms with E-state index in [0.717, 1.165) is 12.3 Å². The monoisotopic (exact) mass is 335 g/mol. The molecule has 0 saturated heterocycles. The van der Waals surface area contributed by atoms with E-state index in [1.54, 1.807) is 0 Å². The van der Waals surface area contributed by atoms with Crippen molar-refractivity contribution in [1.82, 2.24) is 0 Å². The van der Waals surface area contributed by atoms with Crippen molar-refractivity contribution in [3.63, 3.8) is 0 Å². The molecule has 0 bridgehead atoms. The molecule has 0 radical (unpaired) electrons. The minimum absolute atomic E-state index is 0.333. The summed E-state index contributed by atoms with van der Waals surface area (Å²) in [6.45, 7) is 14.7. The number of hydrogen-bond donors (Lipinski definition) is 1. The van der Waals surface area contributed by atoms with E-state index in [1.807, 2.05) is 0 Å². The molecule has 1 rings (SSSR count). The molecule has 2 nitrogen and oxygen atoms in total. The van der Waals surface area contributed by atoms with Gasteiger partial charge in [-0.2, -0.15) is 0 Å². The van der Waals surface area contributed by atoms with Crippen molar-refractivity contribution >= 4 is 5.91 Å². The lowest BCUT2D eigenvalue weighted by atomic mass is 9.98. The molecule has 0 heterocycles. The van der Waals surface area contributed by atoms with Crippen LogP contribution in [0.25, 0.3) is 0 Å². The number of carbonyl (C=O) groups is 1. The third-order valence-electron chi connectivity index (χ3n) is 4.08. The summed E-state index contributed by atoms with van der Waals surface area (Å²) >= 11 is 0. The van der Waals surface area contributed by atoms with E-state index in [1.165, 1.54) is 62.1 Å². The second kappa shape index (κ2) is 16.5. The molecule has 0 aliphatic heterocycles. The molecule has 0 atom stereocenters. The Morgan fingerprint density at radius 1 is 1.00 bits per heavy atom. The van der Waals surface area contributed by atoms with E-state index in [0.29, 0.717) is 0 Å². The van der Waals surface area contributed by atoms with Gasteiger partial charge in [-0.1, -0.05) is 84.4 Å². The Kier molecular flexibility index (Phi) is 17.2. The van der Waals surface area contributed by atoms with Gasteiger partial charge >= 0.3 is 0 Å². The number of unbranched alkanes of at least 4 members (excludes halogenated alkanes) is 2. The number of rotatable bonds is 7.